The van der Waals surface area contributed by atoms with E-state index in [-0.39, 0.29) is 7.53 Å². The lowest BCUT2D eigenvalue weighted by Gasteiger charge is -2.23. The molecule has 196 valence electrons. The van der Waals surface area contributed by atoms with Crippen molar-refractivity contribution in [1.29, 1.82) is 5.26 Å². The molecule has 4 rings (SSSR count). The van der Waals surface area contributed by atoms with Crippen molar-refractivity contribution in [2.24, 2.45) is 0 Å². The Labute approximate surface area is 219 Å². The number of benzene rings is 1. The molecule has 10 heteroatoms. The molecule has 1 saturated heterocycles. The molecule has 1 fully saturated rings. The van der Waals surface area contributed by atoms with Crippen LogP contribution in [0.1, 0.15) is 19.8 Å². The van der Waals surface area contributed by atoms with E-state index in [1.807, 2.05) is 51.5 Å². The molecule has 0 spiro atoms. The number of anilines is 3. The molecule has 0 saturated carbocycles. The summed E-state index contributed by atoms with van der Waals surface area (Å²) in [5, 5.41) is 12.9. The highest BCUT2D eigenvalue weighted by Gasteiger charge is 2.18. The lowest BCUT2D eigenvalue weighted by atomic mass is 10.1. The number of nitriles is 1. The molecule has 0 amide bonds. The van der Waals surface area contributed by atoms with Gasteiger partial charge in [0.2, 0.25) is 5.88 Å². The van der Waals surface area contributed by atoms with Crippen molar-refractivity contribution in [2.45, 2.75) is 18.9 Å². The molecule has 0 bridgehead atoms. The Hall–Kier alpha value is -3.94. The molecule has 37 heavy (non-hydrogen) atoms. The van der Waals surface area contributed by atoms with E-state index in [9.17, 15) is 5.26 Å². The summed E-state index contributed by atoms with van der Waals surface area (Å²) < 4.78 is 17.0. The monoisotopic (exact) mass is 505 g/mol. The zero-order valence-corrected chi connectivity index (χ0v) is 21.8. The Morgan fingerprint density at radius 3 is 2.62 bits per heavy atom. The average Bonchev–Trinajstić information content (AvgIpc) is 2.92. The zero-order chi connectivity index (χ0) is 26.2. The van der Waals surface area contributed by atoms with Gasteiger partial charge in [0.15, 0.2) is 0 Å². The minimum atomic E-state index is 0. The van der Waals surface area contributed by atoms with Gasteiger partial charge in [-0.15, -0.1) is 0 Å². The van der Waals surface area contributed by atoms with Gasteiger partial charge in [0.1, 0.15) is 35.9 Å². The normalized spacial score (nSPS) is 13.7. The Kier molecular flexibility index (Phi) is 8.72. The van der Waals surface area contributed by atoms with Gasteiger partial charge in [-0.1, -0.05) is 0 Å². The lowest BCUT2D eigenvalue weighted by molar-refractivity contribution is 0.0254. The highest BCUT2D eigenvalue weighted by molar-refractivity contribution is 5.68. The molecule has 1 aliphatic rings. The minimum Gasteiger partial charge on any atom is -0.489 e. The first-order valence-electron chi connectivity index (χ1n) is 12.3. The van der Waals surface area contributed by atoms with Crippen LogP contribution in [0.5, 0.6) is 11.6 Å². The van der Waals surface area contributed by atoms with Crippen LogP contribution in [0, 0.1) is 11.3 Å². The van der Waals surface area contributed by atoms with Crippen LogP contribution in [0.15, 0.2) is 42.7 Å². The predicted octanol–water partition coefficient (Wildman–Crippen LogP) is 3.96. The molecule has 1 aliphatic heterocycles. The van der Waals surface area contributed by atoms with E-state index in [0.717, 1.165) is 37.2 Å². The lowest BCUT2D eigenvalue weighted by Crippen LogP contribution is -2.28. The van der Waals surface area contributed by atoms with Gasteiger partial charge < -0.3 is 29.3 Å². The van der Waals surface area contributed by atoms with Crippen molar-refractivity contribution in [3.8, 4) is 29.0 Å². The fourth-order valence-corrected chi connectivity index (χ4v) is 3.98. The molecular formula is C27H35N7O3. The Balaban J connectivity index is 0.00000400. The molecule has 10 nitrogen and oxygen atoms in total. The standard InChI is InChI=1S/C27H33N7O3.H2/c1-33(2)11-12-34(3)23-6-8-25(32-27(23)35-4)31-26-16-22(29-18-30-26)19-5-7-24(20(15-19)17-28)37-21-9-13-36-14-10-21;/h5-8,15-16,18,21H,9-14H2,1-4H3,(H,29,30,31,32);1H. The summed E-state index contributed by atoms with van der Waals surface area (Å²) in [7, 11) is 7.72. The molecular weight excluding hydrogens is 470 g/mol. The van der Waals surface area contributed by atoms with E-state index in [4.69, 9.17) is 14.2 Å². The number of nitrogens with zero attached hydrogens (tertiary/aromatic N) is 6. The molecule has 2 aromatic heterocycles. The summed E-state index contributed by atoms with van der Waals surface area (Å²) in [6.07, 6.45) is 3.18. The first kappa shape index (κ1) is 26.1. The van der Waals surface area contributed by atoms with Crippen molar-refractivity contribution in [1.82, 2.24) is 19.9 Å². The third kappa shape index (κ3) is 6.84. The summed E-state index contributed by atoms with van der Waals surface area (Å²) in [4.78, 5) is 17.6. The number of pyridine rings is 1. The van der Waals surface area contributed by atoms with Crippen LogP contribution < -0.4 is 19.7 Å². The van der Waals surface area contributed by atoms with E-state index >= 15 is 0 Å². The van der Waals surface area contributed by atoms with Crippen LogP contribution in [0.25, 0.3) is 11.3 Å². The van der Waals surface area contributed by atoms with Crippen LogP contribution in [0.2, 0.25) is 0 Å². The molecule has 1 aromatic carbocycles. The van der Waals surface area contributed by atoms with Gasteiger partial charge >= 0.3 is 0 Å². The van der Waals surface area contributed by atoms with Crippen LogP contribution in [0.3, 0.4) is 0 Å². The van der Waals surface area contributed by atoms with E-state index in [1.165, 1.54) is 6.33 Å². The number of aromatic nitrogens is 3. The fourth-order valence-electron chi connectivity index (χ4n) is 3.98. The zero-order valence-electron chi connectivity index (χ0n) is 21.8. The summed E-state index contributed by atoms with van der Waals surface area (Å²) in [6, 6.07) is 13.5. The maximum absolute atomic E-state index is 9.71. The Morgan fingerprint density at radius 2 is 1.89 bits per heavy atom. The van der Waals surface area contributed by atoms with Crippen molar-refractivity contribution >= 4 is 17.3 Å². The topological polar surface area (TPSA) is 109 Å². The van der Waals surface area contributed by atoms with Gasteiger partial charge in [-0.05, 0) is 44.4 Å². The molecule has 0 radical (unpaired) electrons. The summed E-state index contributed by atoms with van der Waals surface area (Å²) in [5.41, 5.74) is 2.85. The number of ether oxygens (including phenoxy) is 3. The van der Waals surface area contributed by atoms with Crippen LogP contribution >= 0.6 is 0 Å². The first-order chi connectivity index (χ1) is 18.0. The van der Waals surface area contributed by atoms with Crippen LogP contribution in [0.4, 0.5) is 17.3 Å². The Bertz CT molecular complexity index is 1250. The van der Waals surface area contributed by atoms with Crippen molar-refractivity contribution in [3.63, 3.8) is 0 Å². The predicted molar refractivity (Wildman–Crippen MR) is 145 cm³/mol. The van der Waals surface area contributed by atoms with Gasteiger partial charge in [-0.3, -0.25) is 0 Å². The third-order valence-corrected chi connectivity index (χ3v) is 6.11. The largest absolute Gasteiger partial charge is 0.489 e. The maximum atomic E-state index is 9.71. The third-order valence-electron chi connectivity index (χ3n) is 6.11. The number of likely N-dealkylation sites (N-methyl/N-ethyl adjacent to an activating group) is 2. The van der Waals surface area contributed by atoms with Crippen LogP contribution in [-0.2, 0) is 4.74 Å². The summed E-state index contributed by atoms with van der Waals surface area (Å²) >= 11 is 0. The molecule has 0 aliphatic carbocycles. The quantitative estimate of drug-likeness (QED) is 0.435. The van der Waals surface area contributed by atoms with Crippen LogP contribution in [-0.4, -0.2) is 80.5 Å². The van der Waals surface area contributed by atoms with Gasteiger partial charge in [-0.25, -0.2) is 9.97 Å². The number of hydrogen-bond donors (Lipinski definition) is 1. The van der Waals surface area contributed by atoms with E-state index in [2.05, 4.69) is 36.1 Å². The molecule has 0 atom stereocenters. The van der Waals surface area contributed by atoms with Crippen molar-refractivity contribution < 1.29 is 15.6 Å². The summed E-state index contributed by atoms with van der Waals surface area (Å²) in [6.45, 7) is 3.12. The maximum Gasteiger partial charge on any atom is 0.239 e. The minimum absolute atomic E-state index is 0. The second-order valence-corrected chi connectivity index (χ2v) is 9.12. The first-order valence-corrected chi connectivity index (χ1v) is 12.3. The van der Waals surface area contributed by atoms with Gasteiger partial charge in [0, 0.05) is 46.0 Å². The molecule has 3 aromatic rings. The van der Waals surface area contributed by atoms with Gasteiger partial charge in [0.25, 0.3) is 0 Å². The molecule has 1 N–H and O–H groups in total. The second kappa shape index (κ2) is 12.3. The van der Waals surface area contributed by atoms with E-state index in [0.29, 0.717) is 47.7 Å². The Morgan fingerprint density at radius 1 is 1.08 bits per heavy atom. The smallest absolute Gasteiger partial charge is 0.239 e. The number of nitrogens with one attached hydrogen (secondary N) is 1. The van der Waals surface area contributed by atoms with Crippen molar-refractivity contribution in [3.05, 3.63) is 48.3 Å². The average molecular weight is 506 g/mol. The fraction of sp³-hybridized carbons (Fsp3) is 0.407. The number of rotatable bonds is 10. The van der Waals surface area contributed by atoms with E-state index < -0.39 is 0 Å². The summed E-state index contributed by atoms with van der Waals surface area (Å²) in [5.74, 6) is 2.29. The molecule has 0 unspecified atom stereocenters. The van der Waals surface area contributed by atoms with E-state index in [1.54, 1.807) is 13.2 Å². The highest BCUT2D eigenvalue weighted by Crippen LogP contribution is 2.30. The van der Waals surface area contributed by atoms with Crippen molar-refractivity contribution in [2.75, 3.05) is 64.8 Å². The van der Waals surface area contributed by atoms with Gasteiger partial charge in [0.05, 0.1) is 37.3 Å². The number of hydrogen-bond acceptors (Lipinski definition) is 10. The molecule has 3 heterocycles. The SMILES string of the molecule is COc1nc(Nc2cc(-c3ccc(OC4CCOCC4)c(C#N)c3)ncn2)ccc1N(C)CCN(C)C.[HH]. The second-order valence-electron chi connectivity index (χ2n) is 9.12. The van der Waals surface area contributed by atoms with Gasteiger partial charge in [-0.2, -0.15) is 10.2 Å². The highest BCUT2D eigenvalue weighted by atomic mass is 16.5. The number of methoxy groups -OCH3 is 1.